The van der Waals surface area contributed by atoms with Gasteiger partial charge in [0.2, 0.25) is 0 Å². The zero-order valence-corrected chi connectivity index (χ0v) is 42.4. The molecule has 7 aromatic heterocycles. The molecule has 2 aliphatic heterocycles. The van der Waals surface area contributed by atoms with Crippen molar-refractivity contribution in [2.45, 2.75) is 91.1 Å². The predicted octanol–water partition coefficient (Wildman–Crippen LogP) is 8.64. The number of fused-ring (bicyclic) bond motifs is 6. The number of cyclic esters (lactones) is 1. The fraction of sp³-hybridized carbons (Fsp3) is 0.259. The quantitative estimate of drug-likeness (QED) is 0.0578. The molecule has 0 saturated carbocycles. The molecule has 2 aromatic carbocycles. The molecule has 1 atom stereocenters. The highest BCUT2D eigenvalue weighted by atomic mass is 32.1. The Kier molecular flexibility index (Phi) is 14.0. The van der Waals surface area contributed by atoms with Gasteiger partial charge >= 0.3 is 11.9 Å². The highest BCUT2D eigenvalue weighted by molar-refractivity contribution is 7.22. The number of nitrogens with zero attached hydrogens (tertiary/aromatic N) is 9. The van der Waals surface area contributed by atoms with Gasteiger partial charge in [-0.3, -0.25) is 39.3 Å². The van der Waals surface area contributed by atoms with Crippen molar-refractivity contribution in [1.82, 2.24) is 44.3 Å². The smallest absolute Gasteiger partial charge is 0.343 e. The number of nitrogens with one attached hydrogen (secondary N) is 1. The van der Waals surface area contributed by atoms with E-state index in [2.05, 4.69) is 47.2 Å². The number of aryl methyl sites for hydroxylation is 1. The van der Waals surface area contributed by atoms with E-state index in [1.807, 2.05) is 117 Å². The molecule has 2 aliphatic rings. The summed E-state index contributed by atoms with van der Waals surface area (Å²) in [6.45, 7) is 7.73. The van der Waals surface area contributed by atoms with E-state index in [1.165, 1.54) is 0 Å². The number of esters is 2. The number of carbonyl (C=O) groups is 2. The van der Waals surface area contributed by atoms with Crippen molar-refractivity contribution < 1.29 is 24.2 Å². The summed E-state index contributed by atoms with van der Waals surface area (Å²) < 4.78 is 13.9. The lowest BCUT2D eigenvalue weighted by molar-refractivity contribution is -0.172. The molecule has 17 heteroatoms. The number of hydrogen-bond donors (Lipinski definition) is 2. The third-order valence-corrected chi connectivity index (χ3v) is 15.0. The second-order valence-electron chi connectivity index (χ2n) is 18.9. The lowest BCUT2D eigenvalue weighted by atomic mass is 9.86. The van der Waals surface area contributed by atoms with Gasteiger partial charge in [0.1, 0.15) is 12.4 Å². The number of aromatic nitrogens is 7. The molecule has 0 aliphatic carbocycles. The van der Waals surface area contributed by atoms with Crippen LogP contribution in [-0.2, 0) is 78.8 Å². The van der Waals surface area contributed by atoms with Gasteiger partial charge in [0.25, 0.3) is 5.56 Å². The van der Waals surface area contributed by atoms with E-state index in [9.17, 15) is 19.5 Å². The van der Waals surface area contributed by atoms with Gasteiger partial charge in [-0.25, -0.2) is 14.8 Å². The van der Waals surface area contributed by atoms with E-state index in [0.29, 0.717) is 73.5 Å². The first-order valence-electron chi connectivity index (χ1n) is 25.2. The molecule has 0 radical (unpaired) electrons. The van der Waals surface area contributed by atoms with Crippen molar-refractivity contribution in [2.24, 2.45) is 0 Å². The van der Waals surface area contributed by atoms with Crippen molar-refractivity contribution in [2.75, 3.05) is 11.9 Å². The van der Waals surface area contributed by atoms with E-state index < -0.39 is 17.5 Å². The lowest BCUT2D eigenvalue weighted by Crippen LogP contribution is -2.44. The maximum absolute atomic E-state index is 13.9. The molecule has 378 valence electrons. The monoisotopic (exact) mass is 1020 g/mol. The number of thiazole rings is 1. The maximum atomic E-state index is 13.9. The number of hydrogen-bond acceptors (Lipinski definition) is 16. The van der Waals surface area contributed by atoms with Gasteiger partial charge in [0.05, 0.1) is 68.4 Å². The van der Waals surface area contributed by atoms with Gasteiger partial charge in [-0.2, -0.15) is 0 Å². The number of carbonyl (C=O) groups excluding carboxylic acids is 2. The number of rotatable bonds is 19. The summed E-state index contributed by atoms with van der Waals surface area (Å²) in [4.78, 5) is 73.7. The Bertz CT molecular complexity index is 3410. The highest BCUT2D eigenvalue weighted by Crippen LogP contribution is 2.41. The Morgan fingerprint density at radius 2 is 1.35 bits per heavy atom. The van der Waals surface area contributed by atoms with Crippen LogP contribution < -0.4 is 15.6 Å². The predicted molar refractivity (Wildman–Crippen MR) is 285 cm³/mol. The fourth-order valence-electron chi connectivity index (χ4n) is 10.2. The van der Waals surface area contributed by atoms with Crippen LogP contribution in [0.2, 0.25) is 0 Å². The average Bonchev–Trinajstić information content (AvgIpc) is 4.05. The van der Waals surface area contributed by atoms with Crippen molar-refractivity contribution in [3.8, 4) is 17.1 Å². The summed E-state index contributed by atoms with van der Waals surface area (Å²) in [5.74, 6) is -0.798. The molecule has 11 rings (SSSR count). The Morgan fingerprint density at radius 3 is 1.92 bits per heavy atom. The number of anilines is 1. The Morgan fingerprint density at radius 1 is 0.747 bits per heavy atom. The number of pyridine rings is 6. The molecule has 0 fully saturated rings. The maximum Gasteiger partial charge on any atom is 0.343 e. The molecule has 9 aromatic rings. The van der Waals surface area contributed by atoms with Gasteiger partial charge in [0, 0.05) is 87.1 Å². The fourth-order valence-corrected chi connectivity index (χ4v) is 11.2. The molecule has 16 nitrogen and oxygen atoms in total. The summed E-state index contributed by atoms with van der Waals surface area (Å²) in [7, 11) is 0. The van der Waals surface area contributed by atoms with E-state index in [1.54, 1.807) is 35.0 Å². The molecule has 0 saturated heterocycles. The average molecular weight is 1020 g/mol. The van der Waals surface area contributed by atoms with Gasteiger partial charge in [0.15, 0.2) is 10.7 Å². The number of aliphatic hydroxyl groups is 1. The van der Waals surface area contributed by atoms with Gasteiger partial charge in [-0.1, -0.05) is 61.6 Å². The minimum Gasteiger partial charge on any atom is -0.458 e. The summed E-state index contributed by atoms with van der Waals surface area (Å²) in [6.07, 6.45) is 8.02. The van der Waals surface area contributed by atoms with E-state index in [-0.39, 0.29) is 49.2 Å². The Hall–Kier alpha value is -8.09. The molecule has 0 bridgehead atoms. The third kappa shape index (κ3) is 10.3. The first-order valence-corrected chi connectivity index (χ1v) is 26.0. The zero-order valence-electron chi connectivity index (χ0n) is 41.6. The van der Waals surface area contributed by atoms with Crippen LogP contribution >= 0.6 is 11.3 Å². The molecule has 2 N–H and O–H groups in total. The summed E-state index contributed by atoms with van der Waals surface area (Å²) in [5.41, 5.74) is 8.85. The number of ether oxygens (including phenoxy) is 2. The van der Waals surface area contributed by atoms with Crippen LogP contribution in [0.1, 0.15) is 82.8 Å². The van der Waals surface area contributed by atoms with Crippen molar-refractivity contribution in [1.29, 1.82) is 0 Å². The molecular weight excluding hydrogens is 965 g/mol. The van der Waals surface area contributed by atoms with Crippen LogP contribution in [-0.4, -0.2) is 67.9 Å². The lowest BCUT2D eigenvalue weighted by Gasteiger charge is -2.31. The Balaban J connectivity index is 0.844. The van der Waals surface area contributed by atoms with Crippen LogP contribution in [0.25, 0.3) is 32.5 Å². The van der Waals surface area contributed by atoms with Crippen LogP contribution in [0.3, 0.4) is 0 Å². The van der Waals surface area contributed by atoms with E-state index in [4.69, 9.17) is 19.4 Å². The zero-order chi connectivity index (χ0) is 51.5. The minimum atomic E-state index is -1.92. The normalized spacial score (nSPS) is 14.8. The third-order valence-electron chi connectivity index (χ3n) is 13.9. The molecular formula is C58H54N10O6S. The van der Waals surface area contributed by atoms with Crippen LogP contribution in [0, 0.1) is 0 Å². The molecule has 9 heterocycles. The van der Waals surface area contributed by atoms with Crippen molar-refractivity contribution in [3.05, 3.63) is 200 Å². The van der Waals surface area contributed by atoms with E-state index in [0.717, 1.165) is 60.6 Å². The Labute approximate surface area is 436 Å². The van der Waals surface area contributed by atoms with E-state index >= 15 is 0 Å². The summed E-state index contributed by atoms with van der Waals surface area (Å²) in [5, 5.41) is 16.3. The summed E-state index contributed by atoms with van der Waals surface area (Å²) in [6, 6.07) is 35.3. The SMILES string of the molecule is CCc1c2c(nc3ccc(OC(=O)CCNc4nc5c(CN(Cc6ccccn6)Cc6ccccn6)ccc(CN(Cc6ccccn6)Cc6ccccn6)c5s4)cc13)-c1cc3c(c(=O)n1C2)COC(=O)C3(O)CC. The second kappa shape index (κ2) is 21.4. The molecule has 1 unspecified atom stereocenters. The van der Waals surface area contributed by atoms with Crippen molar-refractivity contribution in [3.63, 3.8) is 0 Å². The van der Waals surface area contributed by atoms with Crippen LogP contribution in [0.15, 0.2) is 139 Å². The highest BCUT2D eigenvalue weighted by Gasteiger charge is 2.45. The first-order chi connectivity index (χ1) is 36.6. The minimum absolute atomic E-state index is 0.0598. The molecule has 75 heavy (non-hydrogen) atoms. The van der Waals surface area contributed by atoms with Gasteiger partial charge in [-0.15, -0.1) is 0 Å². The van der Waals surface area contributed by atoms with Crippen LogP contribution in [0.4, 0.5) is 5.13 Å². The van der Waals surface area contributed by atoms with Crippen molar-refractivity contribution >= 4 is 49.5 Å². The first kappa shape index (κ1) is 49.1. The molecule has 0 spiro atoms. The standard InChI is InChI=1S/C58H54N10O6S/c1-3-44-45-27-43(19-20-49(45)64-53-46(44)35-68-50(53)28-48-47(55(68)70)36-73-56(71)58(48,72)4-2)74-51(69)21-26-63-57-65-52-37(29-66(31-39-13-5-9-22-59-39)32-40-14-6-10-23-60-40)17-18-38(54(52)75-57)30-67(33-41-15-7-11-24-61-41)34-42-16-8-12-25-62-42/h5-20,22-25,27-28,72H,3-4,21,26,29-36H2,1-2H3,(H,63,65). The number of benzene rings is 2. The van der Waals surface area contributed by atoms with Gasteiger partial charge in [-0.05, 0) is 102 Å². The van der Waals surface area contributed by atoms with Gasteiger partial charge < -0.3 is 24.5 Å². The topological polar surface area (TPSA) is 191 Å². The second-order valence-corrected chi connectivity index (χ2v) is 19.9. The summed E-state index contributed by atoms with van der Waals surface area (Å²) >= 11 is 1.57. The molecule has 0 amide bonds. The largest absolute Gasteiger partial charge is 0.458 e. The van der Waals surface area contributed by atoms with Crippen LogP contribution in [0.5, 0.6) is 5.75 Å².